The maximum atomic E-state index is 2.35. The highest BCUT2D eigenvalue weighted by atomic mass is 14.6. The largest absolute Gasteiger partial charge is 0.0628 e. The topological polar surface area (TPSA) is 0 Å². The molecule has 0 heterocycles. The molecule has 2 unspecified atom stereocenters. The van der Waals surface area contributed by atoms with Crippen LogP contribution in [0.3, 0.4) is 0 Å². The van der Waals surface area contributed by atoms with Gasteiger partial charge in [0.1, 0.15) is 0 Å². The van der Waals surface area contributed by atoms with Gasteiger partial charge in [0.05, 0.1) is 0 Å². The van der Waals surface area contributed by atoms with Crippen molar-refractivity contribution in [2.24, 2.45) is 23.7 Å². The molecule has 64 valence electrons. The molecule has 2 rings (SSSR count). The van der Waals surface area contributed by atoms with Crippen LogP contribution in [0.25, 0.3) is 0 Å². The van der Waals surface area contributed by atoms with E-state index in [0.29, 0.717) is 0 Å². The second-order valence-electron chi connectivity index (χ2n) is 4.89. The summed E-state index contributed by atoms with van der Waals surface area (Å²) in [6.07, 6.45) is 7.67. The Kier molecular flexibility index (Phi) is 1.95. The molecule has 0 aliphatic heterocycles. The third-order valence-electron chi connectivity index (χ3n) is 3.66. The molecule has 0 N–H and O–H groups in total. The minimum Gasteiger partial charge on any atom is -0.0628 e. The van der Waals surface area contributed by atoms with E-state index in [-0.39, 0.29) is 0 Å². The first kappa shape index (κ1) is 7.64. The molecule has 2 fully saturated rings. The highest BCUT2D eigenvalue weighted by Crippen LogP contribution is 2.59. The Balaban J connectivity index is 1.67. The van der Waals surface area contributed by atoms with Gasteiger partial charge in [0.15, 0.2) is 0 Å². The average Bonchev–Trinajstić information content (AvgIpc) is 2.44. The molecule has 0 aromatic carbocycles. The molecular weight excluding hydrogens is 132 g/mol. The summed E-state index contributed by atoms with van der Waals surface area (Å²) in [4.78, 5) is 0. The molecule has 11 heavy (non-hydrogen) atoms. The van der Waals surface area contributed by atoms with Crippen molar-refractivity contribution in [1.29, 1.82) is 0 Å². The van der Waals surface area contributed by atoms with Gasteiger partial charge >= 0.3 is 0 Å². The summed E-state index contributed by atoms with van der Waals surface area (Å²) in [7, 11) is 0. The van der Waals surface area contributed by atoms with E-state index in [1.165, 1.54) is 37.0 Å². The van der Waals surface area contributed by atoms with E-state index in [0.717, 1.165) is 5.92 Å². The van der Waals surface area contributed by atoms with Gasteiger partial charge in [0.25, 0.3) is 0 Å². The van der Waals surface area contributed by atoms with E-state index in [1.54, 1.807) is 12.8 Å². The van der Waals surface area contributed by atoms with Crippen LogP contribution >= 0.6 is 0 Å². The Morgan fingerprint density at radius 3 is 2.36 bits per heavy atom. The molecule has 2 aliphatic carbocycles. The number of fused-ring (bicyclic) bond motifs is 1. The van der Waals surface area contributed by atoms with Gasteiger partial charge in [-0.25, -0.2) is 0 Å². The number of rotatable bonds is 3. The minimum atomic E-state index is 0.927. The van der Waals surface area contributed by atoms with Crippen LogP contribution in [0.15, 0.2) is 0 Å². The summed E-state index contributed by atoms with van der Waals surface area (Å²) in [6.45, 7) is 4.69. The fourth-order valence-corrected chi connectivity index (χ4v) is 2.92. The lowest BCUT2D eigenvalue weighted by molar-refractivity contribution is 0.473. The van der Waals surface area contributed by atoms with Gasteiger partial charge in [0.2, 0.25) is 0 Å². The third kappa shape index (κ3) is 1.45. The Hall–Kier alpha value is 0. The summed E-state index contributed by atoms with van der Waals surface area (Å²) in [5.74, 6) is 4.48. The average molecular weight is 152 g/mol. The van der Waals surface area contributed by atoms with Crippen LogP contribution in [0.2, 0.25) is 0 Å². The summed E-state index contributed by atoms with van der Waals surface area (Å²) in [5.41, 5.74) is 0. The van der Waals surface area contributed by atoms with Crippen molar-refractivity contribution in [2.75, 3.05) is 0 Å². The highest BCUT2D eigenvalue weighted by molar-refractivity contribution is 5.00. The number of hydrogen-bond donors (Lipinski definition) is 0. The summed E-state index contributed by atoms with van der Waals surface area (Å²) in [6, 6.07) is 0. The Morgan fingerprint density at radius 2 is 1.82 bits per heavy atom. The second kappa shape index (κ2) is 2.80. The summed E-state index contributed by atoms with van der Waals surface area (Å²) in [5, 5.41) is 0. The smallest absolute Gasteiger partial charge is 0.0352 e. The standard InChI is InChI=1S/C11H20/c1-8(2)6-7-11-9-4-3-5-10(9)11/h8-11H,3-7H2,1-2H3. The van der Waals surface area contributed by atoms with Crippen molar-refractivity contribution in [1.82, 2.24) is 0 Å². The van der Waals surface area contributed by atoms with E-state index in [1.807, 2.05) is 0 Å². The molecule has 2 atom stereocenters. The minimum absolute atomic E-state index is 0.927. The van der Waals surface area contributed by atoms with Crippen LogP contribution in [0.1, 0.15) is 46.0 Å². The lowest BCUT2D eigenvalue weighted by Gasteiger charge is -2.05. The van der Waals surface area contributed by atoms with Crippen molar-refractivity contribution in [3.05, 3.63) is 0 Å². The maximum Gasteiger partial charge on any atom is -0.0352 e. The zero-order valence-electron chi connectivity index (χ0n) is 7.84. The van der Waals surface area contributed by atoms with Crippen molar-refractivity contribution >= 4 is 0 Å². The first-order chi connectivity index (χ1) is 5.29. The lowest BCUT2D eigenvalue weighted by Crippen LogP contribution is -1.92. The molecular formula is C11H20. The fraction of sp³-hybridized carbons (Fsp3) is 1.00. The van der Waals surface area contributed by atoms with Crippen molar-refractivity contribution in [2.45, 2.75) is 46.0 Å². The predicted octanol–water partition coefficient (Wildman–Crippen LogP) is 3.47. The van der Waals surface area contributed by atoms with E-state index >= 15 is 0 Å². The molecule has 0 aromatic rings. The fourth-order valence-electron chi connectivity index (χ4n) is 2.92. The molecule has 0 radical (unpaired) electrons. The Morgan fingerprint density at radius 1 is 1.18 bits per heavy atom. The van der Waals surface area contributed by atoms with Crippen molar-refractivity contribution in [3.63, 3.8) is 0 Å². The first-order valence-electron chi connectivity index (χ1n) is 5.29. The number of hydrogen-bond acceptors (Lipinski definition) is 0. The van der Waals surface area contributed by atoms with Crippen LogP contribution in [-0.2, 0) is 0 Å². The zero-order valence-corrected chi connectivity index (χ0v) is 7.84. The molecule has 0 spiro atoms. The van der Waals surface area contributed by atoms with Gasteiger partial charge in [-0.3, -0.25) is 0 Å². The van der Waals surface area contributed by atoms with E-state index in [9.17, 15) is 0 Å². The van der Waals surface area contributed by atoms with Crippen LogP contribution in [0.5, 0.6) is 0 Å². The monoisotopic (exact) mass is 152 g/mol. The van der Waals surface area contributed by atoms with Gasteiger partial charge < -0.3 is 0 Å². The SMILES string of the molecule is CC(C)CCC1C2CCCC21. The van der Waals surface area contributed by atoms with Crippen molar-refractivity contribution < 1.29 is 0 Å². The molecule has 2 saturated carbocycles. The van der Waals surface area contributed by atoms with E-state index < -0.39 is 0 Å². The van der Waals surface area contributed by atoms with Crippen LogP contribution in [-0.4, -0.2) is 0 Å². The lowest BCUT2D eigenvalue weighted by atomic mass is 10.0. The van der Waals surface area contributed by atoms with Gasteiger partial charge in [-0.2, -0.15) is 0 Å². The molecule has 0 saturated heterocycles. The summed E-state index contributed by atoms with van der Waals surface area (Å²) >= 11 is 0. The van der Waals surface area contributed by atoms with E-state index in [2.05, 4.69) is 13.8 Å². The van der Waals surface area contributed by atoms with Crippen LogP contribution < -0.4 is 0 Å². The Labute approximate surface area is 70.4 Å². The van der Waals surface area contributed by atoms with Crippen LogP contribution in [0, 0.1) is 23.7 Å². The molecule has 0 bridgehead atoms. The zero-order chi connectivity index (χ0) is 7.84. The first-order valence-corrected chi connectivity index (χ1v) is 5.29. The Bertz CT molecular complexity index is 127. The molecule has 0 aromatic heterocycles. The third-order valence-corrected chi connectivity index (χ3v) is 3.66. The maximum absolute atomic E-state index is 2.35. The van der Waals surface area contributed by atoms with Gasteiger partial charge in [0, 0.05) is 0 Å². The molecule has 0 amide bonds. The van der Waals surface area contributed by atoms with Gasteiger partial charge in [-0.15, -0.1) is 0 Å². The molecule has 0 nitrogen and oxygen atoms in total. The van der Waals surface area contributed by atoms with Crippen LogP contribution in [0.4, 0.5) is 0 Å². The van der Waals surface area contributed by atoms with Gasteiger partial charge in [-0.1, -0.05) is 26.7 Å². The molecule has 0 heteroatoms. The quantitative estimate of drug-likeness (QED) is 0.581. The normalized spacial score (nSPS) is 41.2. The molecule has 2 aliphatic rings. The van der Waals surface area contributed by atoms with Crippen molar-refractivity contribution in [3.8, 4) is 0 Å². The van der Waals surface area contributed by atoms with Gasteiger partial charge in [-0.05, 0) is 42.9 Å². The van der Waals surface area contributed by atoms with E-state index in [4.69, 9.17) is 0 Å². The predicted molar refractivity (Wildman–Crippen MR) is 48.4 cm³/mol. The highest BCUT2D eigenvalue weighted by Gasteiger charge is 2.51. The summed E-state index contributed by atoms with van der Waals surface area (Å²) < 4.78 is 0. The second-order valence-corrected chi connectivity index (χ2v) is 4.89.